The van der Waals surface area contributed by atoms with E-state index >= 15 is 0 Å². The third-order valence-electron chi connectivity index (χ3n) is 14.0. The monoisotopic (exact) mass is 978 g/mol. The molecule has 9 aromatic carbocycles. The Morgan fingerprint density at radius 3 is 1.41 bits per heavy atom. The lowest BCUT2D eigenvalue weighted by atomic mass is 9.95. The van der Waals surface area contributed by atoms with Crippen molar-refractivity contribution in [2.45, 2.75) is 26.2 Å². The fraction of sp³-hybridized carbons (Fsp3) is 0.0625. The van der Waals surface area contributed by atoms with E-state index in [9.17, 15) is 31.6 Å². The van der Waals surface area contributed by atoms with E-state index in [1.54, 1.807) is 12.1 Å². The molecule has 0 saturated carbocycles. The molecule has 0 saturated heterocycles. The maximum atomic E-state index is 14.7. The minimum absolute atomic E-state index is 0.0905. The van der Waals surface area contributed by atoms with Gasteiger partial charge in [0.05, 0.1) is 67.6 Å². The van der Waals surface area contributed by atoms with Crippen LogP contribution in [0.4, 0.5) is 26.3 Å². The topological polar surface area (TPSA) is 46.5 Å². The highest BCUT2D eigenvalue weighted by Crippen LogP contribution is 2.47. The van der Waals surface area contributed by atoms with Crippen molar-refractivity contribution in [3.8, 4) is 73.3 Å². The Balaban J connectivity index is 1.20. The van der Waals surface area contributed by atoms with Crippen molar-refractivity contribution >= 4 is 43.6 Å². The van der Waals surface area contributed by atoms with E-state index in [0.29, 0.717) is 56.2 Å². The Morgan fingerprint density at radius 1 is 0.419 bits per heavy atom. The molecule has 3 heterocycles. The molecule has 0 spiro atoms. The minimum atomic E-state index is -5.08. The van der Waals surface area contributed by atoms with E-state index in [0.717, 1.165) is 66.8 Å². The average molecular weight is 979 g/mol. The molecule has 0 amide bonds. The molecule has 0 bridgehead atoms. The van der Waals surface area contributed by atoms with Crippen LogP contribution in [0.25, 0.3) is 111 Å². The number of fused-ring (bicyclic) bond motifs is 6. The van der Waals surface area contributed by atoms with Crippen LogP contribution in [0.5, 0.6) is 0 Å². The molecule has 3 aromatic heterocycles. The van der Waals surface area contributed by atoms with Crippen LogP contribution < -0.4 is 0 Å². The average Bonchev–Trinajstić information content (AvgIpc) is 3.92. The highest BCUT2D eigenvalue weighted by atomic mass is 19.4. The van der Waals surface area contributed by atoms with Gasteiger partial charge in [0.15, 0.2) is 0 Å². The highest BCUT2D eigenvalue weighted by Gasteiger charge is 2.38. The van der Waals surface area contributed by atoms with Gasteiger partial charge < -0.3 is 9.13 Å². The number of aromatic nitrogens is 3. The smallest absolute Gasteiger partial charge is 0.308 e. The first-order valence-corrected chi connectivity index (χ1v) is 23.9. The number of pyridine rings is 1. The van der Waals surface area contributed by atoms with Crippen molar-refractivity contribution < 1.29 is 26.3 Å². The summed E-state index contributed by atoms with van der Waals surface area (Å²) in [7, 11) is 0. The molecule has 0 aliphatic carbocycles. The van der Waals surface area contributed by atoms with Gasteiger partial charge in [0.1, 0.15) is 0 Å². The molecule has 4 nitrogen and oxygen atoms in total. The fourth-order valence-electron chi connectivity index (χ4n) is 10.7. The van der Waals surface area contributed by atoms with Crippen molar-refractivity contribution in [1.29, 1.82) is 5.26 Å². The summed E-state index contributed by atoms with van der Waals surface area (Å²) in [5.41, 5.74) is 10.8. The summed E-state index contributed by atoms with van der Waals surface area (Å²) in [4.78, 5) is 5.24. The second-order valence-corrected chi connectivity index (χ2v) is 18.6. The summed E-state index contributed by atoms with van der Waals surface area (Å²) in [6.45, 7) is 4.19. The molecule has 12 aromatic rings. The molecule has 0 radical (unpaired) electrons. The summed E-state index contributed by atoms with van der Waals surface area (Å²) in [5.74, 6) is 0. The number of hydrogen-bond acceptors (Lipinski definition) is 2. The fourth-order valence-corrected chi connectivity index (χ4v) is 10.7. The number of nitrogens with zero attached hydrogens (tertiary/aromatic N) is 4. The van der Waals surface area contributed by atoms with E-state index < -0.39 is 23.5 Å². The van der Waals surface area contributed by atoms with E-state index in [1.165, 1.54) is 11.6 Å². The lowest BCUT2D eigenvalue weighted by Gasteiger charge is -2.22. The molecule has 0 aliphatic rings. The van der Waals surface area contributed by atoms with Crippen LogP contribution >= 0.6 is 0 Å². The maximum Gasteiger partial charge on any atom is 0.417 e. The van der Waals surface area contributed by atoms with E-state index in [1.807, 2.05) is 114 Å². The molecule has 0 aliphatic heterocycles. The normalized spacial score (nSPS) is 12.0. The zero-order valence-corrected chi connectivity index (χ0v) is 39.7. The van der Waals surface area contributed by atoms with Crippen LogP contribution in [0.15, 0.2) is 206 Å². The van der Waals surface area contributed by atoms with Gasteiger partial charge in [-0.3, -0.25) is 0 Å². The first-order valence-electron chi connectivity index (χ1n) is 23.9. The van der Waals surface area contributed by atoms with E-state index in [-0.39, 0.29) is 17.2 Å². The van der Waals surface area contributed by atoms with Crippen molar-refractivity contribution in [2.24, 2.45) is 0 Å². The molecule has 12 rings (SSSR count). The number of halogens is 6. The molecule has 0 unspecified atom stereocenters. The Labute approximate surface area is 421 Å². The van der Waals surface area contributed by atoms with Gasteiger partial charge in [-0.1, -0.05) is 139 Å². The number of rotatable bonds is 7. The van der Waals surface area contributed by atoms with Crippen molar-refractivity contribution in [2.75, 3.05) is 0 Å². The van der Waals surface area contributed by atoms with Gasteiger partial charge in [-0.25, -0.2) is 4.98 Å². The number of para-hydroxylation sites is 2. The summed E-state index contributed by atoms with van der Waals surface area (Å²) in [6, 6.07) is 65.3. The maximum absolute atomic E-state index is 14.7. The van der Waals surface area contributed by atoms with Crippen molar-refractivity contribution in [1.82, 2.24) is 14.1 Å². The molecule has 0 fully saturated rings. The zero-order chi connectivity index (χ0) is 51.0. The van der Waals surface area contributed by atoms with Crippen LogP contribution in [-0.4, -0.2) is 14.1 Å². The first kappa shape index (κ1) is 45.9. The molecule has 0 atom stereocenters. The van der Waals surface area contributed by atoms with Crippen molar-refractivity contribution in [3.63, 3.8) is 0 Å². The van der Waals surface area contributed by atoms with Gasteiger partial charge in [-0.2, -0.15) is 31.6 Å². The molecular formula is C64H40F6N4. The van der Waals surface area contributed by atoms with Gasteiger partial charge in [0.25, 0.3) is 0 Å². The van der Waals surface area contributed by atoms with Gasteiger partial charge in [-0.15, -0.1) is 0 Å². The Hall–Kier alpha value is -9.20. The van der Waals surface area contributed by atoms with Gasteiger partial charge in [-0.05, 0) is 120 Å². The van der Waals surface area contributed by atoms with Gasteiger partial charge in [0.2, 0.25) is 0 Å². The predicted molar refractivity (Wildman–Crippen MR) is 284 cm³/mol. The number of benzene rings is 9. The summed E-state index contributed by atoms with van der Waals surface area (Å²) < 4.78 is 89.9. The Morgan fingerprint density at radius 2 is 0.905 bits per heavy atom. The van der Waals surface area contributed by atoms with Crippen LogP contribution in [-0.2, 0) is 12.4 Å². The Bertz CT molecular complexity index is 4200. The lowest BCUT2D eigenvalue weighted by molar-refractivity contribution is -0.142. The second-order valence-electron chi connectivity index (χ2n) is 18.6. The summed E-state index contributed by atoms with van der Waals surface area (Å²) in [5, 5.41) is 14.3. The number of hydrogen-bond donors (Lipinski definition) is 0. The number of alkyl halides is 6. The highest BCUT2D eigenvalue weighted by molar-refractivity contribution is 6.13. The molecule has 0 N–H and O–H groups in total. The largest absolute Gasteiger partial charge is 0.417 e. The molecular weight excluding hydrogens is 939 g/mol. The van der Waals surface area contributed by atoms with Gasteiger partial charge >= 0.3 is 12.4 Å². The zero-order valence-electron chi connectivity index (χ0n) is 39.7. The number of nitriles is 1. The van der Waals surface area contributed by atoms with E-state index in [2.05, 4.69) is 85.1 Å². The van der Waals surface area contributed by atoms with E-state index in [4.69, 9.17) is 4.98 Å². The minimum Gasteiger partial charge on any atom is -0.308 e. The second kappa shape index (κ2) is 17.5. The summed E-state index contributed by atoms with van der Waals surface area (Å²) >= 11 is 0. The molecule has 74 heavy (non-hydrogen) atoms. The Kier molecular flexibility index (Phi) is 10.9. The molecule has 10 heteroatoms. The first-order chi connectivity index (χ1) is 35.7. The standard InChI is InChI=1S/C64H40F6N4/c1-38-21-25-47(39(2)29-38)43-22-27-58-51(32-43)49-17-9-11-19-56(49)73(58)60-30-40(37-71)31-61(62(60)45-34-54(41-13-5-3-6-14-41)72-55(35-45)42-15-7-4-8-16-42)74-57-20-12-10-18-50(57)52-33-44(23-28-59(52)74)48-26-24-46(63(65,66)67)36-53(48)64(68,69)70/h3-36H,1-2H3. The van der Waals surface area contributed by atoms with Crippen LogP contribution in [0.3, 0.4) is 0 Å². The number of aryl methyl sites for hydroxylation is 2. The van der Waals surface area contributed by atoms with Gasteiger partial charge in [0, 0.05) is 38.2 Å². The lowest BCUT2D eigenvalue weighted by Crippen LogP contribution is -2.12. The quantitative estimate of drug-likeness (QED) is 0.149. The SMILES string of the molecule is Cc1ccc(-c2ccc3c(c2)c2ccccc2n3-c2cc(C#N)cc(-n3c4ccccc4c4cc(-c5ccc(C(F)(F)F)cc5C(F)(F)F)ccc43)c2-c2cc(-c3ccccc3)nc(-c3ccccc3)c2)c(C)c1. The van der Waals surface area contributed by atoms with Crippen LogP contribution in [0, 0.1) is 25.2 Å². The third kappa shape index (κ3) is 7.85. The third-order valence-corrected chi connectivity index (χ3v) is 14.0. The van der Waals surface area contributed by atoms with Crippen LogP contribution in [0.2, 0.25) is 0 Å². The predicted octanol–water partition coefficient (Wildman–Crippen LogP) is 18.1. The van der Waals surface area contributed by atoms with Crippen molar-refractivity contribution in [3.05, 3.63) is 234 Å². The van der Waals surface area contributed by atoms with Crippen LogP contribution in [0.1, 0.15) is 27.8 Å². The summed E-state index contributed by atoms with van der Waals surface area (Å²) in [6.07, 6.45) is -10.1. The molecule has 358 valence electrons.